The highest BCUT2D eigenvalue weighted by atomic mass is 16.1. The molecule has 0 aliphatic carbocycles. The van der Waals surface area contributed by atoms with Crippen LogP contribution in [0.15, 0.2) is 30.3 Å². The average molecular weight is 352 g/mol. The first-order valence-electron chi connectivity index (χ1n) is 8.71. The van der Waals surface area contributed by atoms with Crippen LogP contribution in [0.25, 0.3) is 22.4 Å². The number of aromatic amines is 1. The highest BCUT2D eigenvalue weighted by Gasteiger charge is 2.14. The maximum absolute atomic E-state index is 10.8. The molecule has 2 aromatic heterocycles. The highest BCUT2D eigenvalue weighted by molar-refractivity contribution is 5.92. The predicted molar refractivity (Wildman–Crippen MR) is 104 cm³/mol. The van der Waals surface area contributed by atoms with Gasteiger partial charge in [0.25, 0.3) is 0 Å². The lowest BCUT2D eigenvalue weighted by molar-refractivity contribution is -0.117. The largest absolute Gasteiger partial charge is 0.370 e. The number of rotatable bonds is 8. The number of fused-ring (bicyclic) bond motifs is 1. The van der Waals surface area contributed by atoms with Crippen molar-refractivity contribution >= 4 is 22.8 Å². The summed E-state index contributed by atoms with van der Waals surface area (Å²) in [5.74, 6) is 1.20. The first kappa shape index (κ1) is 17.9. The molecule has 136 valence electrons. The number of carbonyl (C=O) groups excluding carboxylic acids is 1. The number of nitrogens with two attached hydrogens (primary N) is 1. The molecule has 0 spiro atoms. The van der Waals surface area contributed by atoms with E-state index in [0.717, 1.165) is 33.7 Å². The van der Waals surface area contributed by atoms with Crippen LogP contribution < -0.4 is 16.4 Å². The molecule has 26 heavy (non-hydrogen) atoms. The molecule has 0 aliphatic rings. The summed E-state index contributed by atoms with van der Waals surface area (Å²) in [7, 11) is 0. The Hall–Kier alpha value is -2.93. The Morgan fingerprint density at radius 1 is 1.12 bits per heavy atom. The number of primary amides is 1. The van der Waals surface area contributed by atoms with E-state index >= 15 is 0 Å². The second-order valence-corrected chi connectivity index (χ2v) is 6.25. The zero-order valence-corrected chi connectivity index (χ0v) is 15.1. The molecule has 0 saturated carbocycles. The van der Waals surface area contributed by atoms with Crippen molar-refractivity contribution in [3.8, 4) is 11.4 Å². The molecule has 3 rings (SSSR count). The van der Waals surface area contributed by atoms with Crippen LogP contribution in [0.2, 0.25) is 0 Å². The van der Waals surface area contributed by atoms with Crippen molar-refractivity contribution in [3.63, 3.8) is 0 Å². The van der Waals surface area contributed by atoms with Gasteiger partial charge >= 0.3 is 0 Å². The molecule has 0 unspecified atom stereocenters. The van der Waals surface area contributed by atoms with E-state index in [-0.39, 0.29) is 5.91 Å². The number of nitrogens with zero attached hydrogens (tertiary/aromatic N) is 2. The number of hydrogen-bond acceptors (Lipinski definition) is 5. The molecule has 5 N–H and O–H groups in total. The number of aromatic nitrogens is 3. The Labute approximate surface area is 152 Å². The normalized spacial score (nSPS) is 11.0. The van der Waals surface area contributed by atoms with E-state index in [2.05, 4.69) is 22.5 Å². The van der Waals surface area contributed by atoms with Crippen molar-refractivity contribution in [1.82, 2.24) is 20.3 Å². The number of carbonyl (C=O) groups is 1. The summed E-state index contributed by atoms with van der Waals surface area (Å²) in [6.45, 7) is 6.07. The lowest BCUT2D eigenvalue weighted by Gasteiger charge is -2.10. The maximum atomic E-state index is 10.8. The highest BCUT2D eigenvalue weighted by Crippen LogP contribution is 2.28. The van der Waals surface area contributed by atoms with Gasteiger partial charge in [-0.3, -0.25) is 4.79 Å². The average Bonchev–Trinajstić information content (AvgIpc) is 2.92. The molecule has 0 fully saturated rings. The Bertz CT molecular complexity index is 903. The molecule has 7 nitrogen and oxygen atoms in total. The van der Waals surface area contributed by atoms with Gasteiger partial charge in [-0.25, -0.2) is 9.97 Å². The van der Waals surface area contributed by atoms with Crippen LogP contribution in [0.3, 0.4) is 0 Å². The molecule has 0 radical (unpaired) electrons. The third-order valence-electron chi connectivity index (χ3n) is 4.33. The van der Waals surface area contributed by atoms with Crippen LogP contribution >= 0.6 is 0 Å². The lowest BCUT2D eigenvalue weighted by atomic mass is 10.2. The number of benzene rings is 1. The zero-order chi connectivity index (χ0) is 18.5. The van der Waals surface area contributed by atoms with Crippen molar-refractivity contribution in [1.29, 1.82) is 0 Å². The van der Waals surface area contributed by atoms with E-state index < -0.39 is 0 Å². The molecule has 3 aromatic rings. The smallest absolute Gasteiger partial charge is 0.218 e. The van der Waals surface area contributed by atoms with Crippen LogP contribution in [0.5, 0.6) is 0 Å². The summed E-state index contributed by atoms with van der Waals surface area (Å²) < 4.78 is 0. The van der Waals surface area contributed by atoms with Gasteiger partial charge in [-0.05, 0) is 19.4 Å². The molecule has 0 aliphatic heterocycles. The SMILES string of the molecule is Cc1[nH]c2nc(-c3ccccc3)nc(NCCNCCC(N)=O)c2c1C. The predicted octanol–water partition coefficient (Wildman–Crippen LogP) is 2.12. The van der Waals surface area contributed by atoms with Gasteiger partial charge in [-0.15, -0.1) is 0 Å². The molecular formula is C19H24N6O. The quantitative estimate of drug-likeness (QED) is 0.464. The third kappa shape index (κ3) is 4.00. The molecule has 0 bridgehead atoms. The molecular weight excluding hydrogens is 328 g/mol. The fraction of sp³-hybridized carbons (Fsp3) is 0.316. The Morgan fingerprint density at radius 3 is 2.62 bits per heavy atom. The van der Waals surface area contributed by atoms with Gasteiger partial charge in [-0.1, -0.05) is 30.3 Å². The zero-order valence-electron chi connectivity index (χ0n) is 15.1. The molecule has 7 heteroatoms. The van der Waals surface area contributed by atoms with Crippen LogP contribution in [0, 0.1) is 13.8 Å². The van der Waals surface area contributed by atoms with Crippen molar-refractivity contribution in [3.05, 3.63) is 41.6 Å². The lowest BCUT2D eigenvalue weighted by Crippen LogP contribution is -2.26. The van der Waals surface area contributed by atoms with Crippen molar-refractivity contribution in [2.75, 3.05) is 25.0 Å². The van der Waals surface area contributed by atoms with Crippen LogP contribution in [0.4, 0.5) is 5.82 Å². The van der Waals surface area contributed by atoms with E-state index in [9.17, 15) is 4.79 Å². The first-order valence-corrected chi connectivity index (χ1v) is 8.71. The Balaban J connectivity index is 1.81. The van der Waals surface area contributed by atoms with Gasteiger partial charge in [0.15, 0.2) is 5.82 Å². The summed E-state index contributed by atoms with van der Waals surface area (Å²) >= 11 is 0. The fourth-order valence-electron chi connectivity index (χ4n) is 2.82. The second-order valence-electron chi connectivity index (χ2n) is 6.25. The van der Waals surface area contributed by atoms with E-state index in [1.165, 1.54) is 0 Å². The molecule has 1 aromatic carbocycles. The maximum Gasteiger partial charge on any atom is 0.218 e. The van der Waals surface area contributed by atoms with Crippen molar-refractivity contribution in [2.24, 2.45) is 5.73 Å². The fourth-order valence-corrected chi connectivity index (χ4v) is 2.82. The van der Waals surface area contributed by atoms with Crippen LogP contribution in [0.1, 0.15) is 17.7 Å². The summed E-state index contributed by atoms with van der Waals surface area (Å²) in [6.07, 6.45) is 0.339. The first-order chi connectivity index (χ1) is 12.6. The van der Waals surface area contributed by atoms with Gasteiger partial charge in [0.2, 0.25) is 5.91 Å². The van der Waals surface area contributed by atoms with E-state index in [1.54, 1.807) is 0 Å². The second kappa shape index (κ2) is 7.97. The van der Waals surface area contributed by atoms with Crippen LogP contribution in [-0.2, 0) is 4.79 Å². The summed E-state index contributed by atoms with van der Waals surface area (Å²) in [4.78, 5) is 23.5. The number of hydrogen-bond donors (Lipinski definition) is 4. The monoisotopic (exact) mass is 352 g/mol. The van der Waals surface area contributed by atoms with Gasteiger partial charge in [0.1, 0.15) is 11.5 Å². The topological polar surface area (TPSA) is 109 Å². The molecule has 1 amide bonds. The summed E-state index contributed by atoms with van der Waals surface area (Å²) in [6, 6.07) is 9.92. The van der Waals surface area contributed by atoms with Gasteiger partial charge in [0.05, 0.1) is 5.39 Å². The standard InChI is InChI=1S/C19H24N6O/c1-12-13(2)23-19-16(12)18(22-11-10-21-9-8-15(20)26)24-17(25-19)14-6-4-3-5-7-14/h3-7,21H,8-11H2,1-2H3,(H2,20,26)(H2,22,23,24,25). The van der Waals surface area contributed by atoms with Gasteiger partial charge in [-0.2, -0.15) is 0 Å². The van der Waals surface area contributed by atoms with Crippen molar-refractivity contribution in [2.45, 2.75) is 20.3 Å². The minimum atomic E-state index is -0.297. The van der Waals surface area contributed by atoms with E-state index in [4.69, 9.17) is 15.7 Å². The number of aryl methyl sites for hydroxylation is 2. The molecule has 0 saturated heterocycles. The summed E-state index contributed by atoms with van der Waals surface area (Å²) in [5.41, 5.74) is 9.17. The van der Waals surface area contributed by atoms with Crippen molar-refractivity contribution < 1.29 is 4.79 Å². The van der Waals surface area contributed by atoms with Gasteiger partial charge in [0, 0.05) is 37.3 Å². The minimum Gasteiger partial charge on any atom is -0.370 e. The van der Waals surface area contributed by atoms with Crippen LogP contribution in [-0.4, -0.2) is 40.5 Å². The molecule has 0 atom stereocenters. The minimum absolute atomic E-state index is 0.297. The van der Waals surface area contributed by atoms with E-state index in [1.807, 2.05) is 37.3 Å². The third-order valence-corrected chi connectivity index (χ3v) is 4.33. The number of anilines is 1. The number of amides is 1. The molecule has 2 heterocycles. The summed E-state index contributed by atoms with van der Waals surface area (Å²) in [5, 5.41) is 7.59. The number of nitrogens with one attached hydrogen (secondary N) is 3. The number of H-pyrrole nitrogens is 1. The van der Waals surface area contributed by atoms with Gasteiger partial charge < -0.3 is 21.4 Å². The Kier molecular flexibility index (Phi) is 5.48. The van der Waals surface area contributed by atoms with E-state index in [0.29, 0.717) is 31.9 Å². The Morgan fingerprint density at radius 2 is 1.88 bits per heavy atom.